The Hall–Kier alpha value is -2.02. The second kappa shape index (κ2) is 6.39. The molecule has 0 amide bonds. The summed E-state index contributed by atoms with van der Waals surface area (Å²) in [5.41, 5.74) is 1.05. The monoisotopic (exact) mass is 302 g/mol. The maximum atomic E-state index is 5.13. The first-order valence-electron chi connectivity index (χ1n) is 7.73. The van der Waals surface area contributed by atoms with Gasteiger partial charge in [-0.2, -0.15) is 5.10 Å². The zero-order valence-electron chi connectivity index (χ0n) is 13.3. The summed E-state index contributed by atoms with van der Waals surface area (Å²) in [6.45, 7) is 5.37. The molecule has 1 N–H and O–H groups in total. The summed E-state index contributed by atoms with van der Waals surface area (Å²) in [4.78, 5) is 13.5. The number of methoxy groups -OCH3 is 1. The lowest BCUT2D eigenvalue weighted by atomic mass is 10.1. The van der Waals surface area contributed by atoms with Gasteiger partial charge in [0.05, 0.1) is 6.04 Å². The highest BCUT2D eigenvalue weighted by Gasteiger charge is 2.24. The number of fused-ring (bicyclic) bond motifs is 1. The molecule has 0 saturated carbocycles. The number of nitrogens with zero attached hydrogens (tertiary/aromatic N) is 5. The van der Waals surface area contributed by atoms with Crippen molar-refractivity contribution >= 4 is 5.82 Å². The first-order valence-corrected chi connectivity index (χ1v) is 7.73. The van der Waals surface area contributed by atoms with E-state index in [2.05, 4.69) is 32.3 Å². The minimum atomic E-state index is 0.130. The molecule has 22 heavy (non-hydrogen) atoms. The van der Waals surface area contributed by atoms with Crippen LogP contribution in [0.15, 0.2) is 6.07 Å². The van der Waals surface area contributed by atoms with Crippen LogP contribution in [0, 0.1) is 6.92 Å². The Kier molecular flexibility index (Phi) is 4.33. The average Bonchev–Trinajstić information content (AvgIpc) is 2.90. The molecule has 2 aromatic rings. The topological polar surface area (TPSA) is 77.8 Å². The highest BCUT2D eigenvalue weighted by atomic mass is 16.5. The van der Waals surface area contributed by atoms with Gasteiger partial charge in [-0.1, -0.05) is 6.92 Å². The average molecular weight is 302 g/mol. The molecular weight excluding hydrogens is 280 g/mol. The molecule has 0 fully saturated rings. The largest absolute Gasteiger partial charge is 0.377 e. The van der Waals surface area contributed by atoms with Crippen molar-refractivity contribution in [2.45, 2.75) is 52.3 Å². The van der Waals surface area contributed by atoms with Crippen molar-refractivity contribution in [3.8, 4) is 0 Å². The van der Waals surface area contributed by atoms with E-state index in [-0.39, 0.29) is 6.04 Å². The normalized spacial score (nSPS) is 17.3. The lowest BCUT2D eigenvalue weighted by Gasteiger charge is -2.23. The Bertz CT molecular complexity index is 653. The fourth-order valence-electron chi connectivity index (χ4n) is 2.79. The number of aryl methyl sites for hydroxylation is 3. The van der Waals surface area contributed by atoms with E-state index in [0.717, 1.165) is 54.8 Å². The number of anilines is 1. The Morgan fingerprint density at radius 2 is 2.23 bits per heavy atom. The fourth-order valence-corrected chi connectivity index (χ4v) is 2.79. The lowest BCUT2D eigenvalue weighted by molar-refractivity contribution is 0.177. The highest BCUT2D eigenvalue weighted by Crippen LogP contribution is 2.27. The van der Waals surface area contributed by atoms with Crippen molar-refractivity contribution < 1.29 is 4.74 Å². The third-order valence-electron chi connectivity index (χ3n) is 3.77. The van der Waals surface area contributed by atoms with Crippen LogP contribution in [0.2, 0.25) is 0 Å². The molecule has 0 aliphatic carbocycles. The maximum Gasteiger partial charge on any atom is 0.176 e. The van der Waals surface area contributed by atoms with E-state index in [4.69, 9.17) is 4.74 Å². The molecule has 1 aliphatic rings. The molecule has 0 spiro atoms. The van der Waals surface area contributed by atoms with Crippen molar-refractivity contribution in [1.82, 2.24) is 24.7 Å². The molecule has 7 nitrogen and oxygen atoms in total. The number of ether oxygens (including phenoxy) is 1. The van der Waals surface area contributed by atoms with Crippen molar-refractivity contribution in [2.24, 2.45) is 0 Å². The summed E-state index contributed by atoms with van der Waals surface area (Å²) < 4.78 is 7.10. The molecule has 1 unspecified atom stereocenters. The lowest BCUT2D eigenvalue weighted by Crippen LogP contribution is -2.23. The summed E-state index contributed by atoms with van der Waals surface area (Å²) in [6, 6.07) is 2.14. The van der Waals surface area contributed by atoms with E-state index in [9.17, 15) is 0 Å². The molecule has 0 radical (unpaired) electrons. The molecule has 0 saturated heterocycles. The van der Waals surface area contributed by atoms with Gasteiger partial charge in [0.2, 0.25) is 0 Å². The van der Waals surface area contributed by atoms with E-state index < -0.39 is 0 Å². The molecule has 0 aromatic carbocycles. The summed E-state index contributed by atoms with van der Waals surface area (Å²) in [5, 5.41) is 7.98. The van der Waals surface area contributed by atoms with E-state index in [1.807, 2.05) is 17.7 Å². The molecule has 7 heteroatoms. The summed E-state index contributed by atoms with van der Waals surface area (Å²) in [7, 11) is 1.66. The van der Waals surface area contributed by atoms with E-state index in [0.29, 0.717) is 6.61 Å². The van der Waals surface area contributed by atoms with Crippen molar-refractivity contribution in [2.75, 3.05) is 12.4 Å². The van der Waals surface area contributed by atoms with Gasteiger partial charge in [-0.25, -0.2) is 19.6 Å². The molecule has 3 rings (SSSR count). The van der Waals surface area contributed by atoms with Gasteiger partial charge in [0, 0.05) is 25.4 Å². The number of rotatable bonds is 5. The Labute approximate surface area is 130 Å². The third kappa shape index (κ3) is 3.09. The maximum absolute atomic E-state index is 5.13. The number of hydrogen-bond donors (Lipinski definition) is 1. The van der Waals surface area contributed by atoms with Gasteiger partial charge >= 0.3 is 0 Å². The number of nitrogens with one attached hydrogen (secondary N) is 1. The van der Waals surface area contributed by atoms with Gasteiger partial charge in [0.25, 0.3) is 0 Å². The minimum Gasteiger partial charge on any atom is -0.377 e. The summed E-state index contributed by atoms with van der Waals surface area (Å²) in [6.07, 6.45) is 3.00. The zero-order valence-corrected chi connectivity index (χ0v) is 13.3. The van der Waals surface area contributed by atoms with Crippen molar-refractivity contribution in [3.05, 3.63) is 29.2 Å². The van der Waals surface area contributed by atoms with Crippen LogP contribution in [0.4, 0.5) is 5.82 Å². The van der Waals surface area contributed by atoms with Crippen LogP contribution in [-0.4, -0.2) is 31.8 Å². The first-order chi connectivity index (χ1) is 10.7. The molecule has 1 aliphatic heterocycles. The molecular formula is C15H22N6O. The molecule has 0 bridgehead atoms. The van der Waals surface area contributed by atoms with E-state index in [1.54, 1.807) is 7.11 Å². The second-order valence-corrected chi connectivity index (χ2v) is 5.53. The van der Waals surface area contributed by atoms with Gasteiger partial charge in [-0.3, -0.25) is 0 Å². The molecule has 2 aromatic heterocycles. The van der Waals surface area contributed by atoms with Crippen molar-refractivity contribution in [1.29, 1.82) is 0 Å². The number of aromatic nitrogens is 5. The first kappa shape index (κ1) is 14.9. The predicted molar refractivity (Wildman–Crippen MR) is 82.5 cm³/mol. The van der Waals surface area contributed by atoms with Gasteiger partial charge < -0.3 is 10.1 Å². The van der Waals surface area contributed by atoms with Crippen LogP contribution in [0.5, 0.6) is 0 Å². The molecule has 3 heterocycles. The minimum absolute atomic E-state index is 0.130. The van der Waals surface area contributed by atoms with E-state index in [1.165, 1.54) is 0 Å². The third-order valence-corrected chi connectivity index (χ3v) is 3.77. The van der Waals surface area contributed by atoms with E-state index >= 15 is 0 Å². The van der Waals surface area contributed by atoms with Gasteiger partial charge in [-0.05, 0) is 26.2 Å². The van der Waals surface area contributed by atoms with Crippen LogP contribution < -0.4 is 5.32 Å². The molecule has 118 valence electrons. The quantitative estimate of drug-likeness (QED) is 0.910. The van der Waals surface area contributed by atoms with Gasteiger partial charge in [0.15, 0.2) is 5.82 Å². The second-order valence-electron chi connectivity index (χ2n) is 5.53. The Morgan fingerprint density at radius 3 is 3.00 bits per heavy atom. The SMILES string of the molecule is CCc1cc(NC2CCCn3nc(COC)nc32)nc(C)n1. The summed E-state index contributed by atoms with van der Waals surface area (Å²) in [5.74, 6) is 3.35. The van der Waals surface area contributed by atoms with Crippen LogP contribution in [0.3, 0.4) is 0 Å². The van der Waals surface area contributed by atoms with Crippen molar-refractivity contribution in [3.63, 3.8) is 0 Å². The Balaban J connectivity index is 1.83. The van der Waals surface area contributed by atoms with Crippen LogP contribution >= 0.6 is 0 Å². The molecule has 1 atom stereocenters. The smallest absolute Gasteiger partial charge is 0.176 e. The standard InChI is InChI=1S/C15H22N6O/c1-4-11-8-13(17-10(2)16-11)18-12-6-5-7-21-15(12)19-14(20-21)9-22-3/h8,12H,4-7,9H2,1-3H3,(H,16,17,18). The zero-order chi connectivity index (χ0) is 15.5. The summed E-state index contributed by atoms with van der Waals surface area (Å²) >= 11 is 0. The Morgan fingerprint density at radius 1 is 1.36 bits per heavy atom. The van der Waals surface area contributed by atoms with Gasteiger partial charge in [0.1, 0.15) is 24.1 Å². The van der Waals surface area contributed by atoms with Crippen LogP contribution in [0.25, 0.3) is 0 Å². The predicted octanol–water partition coefficient (Wildman–Crippen LogP) is 2.03. The van der Waals surface area contributed by atoms with Gasteiger partial charge in [-0.15, -0.1) is 0 Å². The van der Waals surface area contributed by atoms with Crippen LogP contribution in [0.1, 0.15) is 49.0 Å². The van der Waals surface area contributed by atoms with Crippen LogP contribution in [-0.2, 0) is 24.3 Å². The fraction of sp³-hybridized carbons (Fsp3) is 0.600. The number of hydrogen-bond acceptors (Lipinski definition) is 6. The highest BCUT2D eigenvalue weighted by molar-refractivity contribution is 5.38.